The van der Waals surface area contributed by atoms with Gasteiger partial charge in [-0.2, -0.15) is 18.4 Å². The quantitative estimate of drug-likeness (QED) is 0.715. The highest BCUT2D eigenvalue weighted by molar-refractivity contribution is 5.85. The topological polar surface area (TPSA) is 44.1 Å². The van der Waals surface area contributed by atoms with E-state index in [4.69, 9.17) is 0 Å². The maximum absolute atomic E-state index is 12.2. The van der Waals surface area contributed by atoms with Gasteiger partial charge in [0, 0.05) is 13.6 Å². The van der Waals surface area contributed by atoms with Crippen LogP contribution in [0.4, 0.5) is 13.2 Å². The summed E-state index contributed by atoms with van der Waals surface area (Å²) in [5, 5.41) is 9.27. The molecule has 0 aromatic rings. The standard InChI is InChI=1S/C13H21F3N2O/c1-4-6-12(10-17,7-5-2)11(19)18(3)9-8-13(14,15)16/h4-9H2,1-3H3. The molecule has 0 atom stereocenters. The van der Waals surface area contributed by atoms with Crippen molar-refractivity contribution in [1.29, 1.82) is 5.26 Å². The predicted molar refractivity (Wildman–Crippen MR) is 66.2 cm³/mol. The van der Waals surface area contributed by atoms with Crippen LogP contribution in [0.2, 0.25) is 0 Å². The lowest BCUT2D eigenvalue weighted by atomic mass is 9.79. The van der Waals surface area contributed by atoms with E-state index in [1.165, 1.54) is 7.05 Å². The van der Waals surface area contributed by atoms with Gasteiger partial charge in [0.2, 0.25) is 5.91 Å². The van der Waals surface area contributed by atoms with Gasteiger partial charge in [-0.3, -0.25) is 4.79 Å². The smallest absolute Gasteiger partial charge is 0.344 e. The van der Waals surface area contributed by atoms with Gasteiger partial charge >= 0.3 is 6.18 Å². The summed E-state index contributed by atoms with van der Waals surface area (Å²) < 4.78 is 36.5. The van der Waals surface area contributed by atoms with Crippen LogP contribution in [0.1, 0.15) is 46.0 Å². The number of nitrogens with zero attached hydrogens (tertiary/aromatic N) is 2. The van der Waals surface area contributed by atoms with E-state index >= 15 is 0 Å². The molecule has 0 radical (unpaired) electrons. The molecule has 0 aliphatic heterocycles. The zero-order chi connectivity index (χ0) is 15.1. The average Bonchev–Trinajstić information content (AvgIpc) is 2.33. The van der Waals surface area contributed by atoms with Crippen molar-refractivity contribution in [2.45, 2.75) is 52.1 Å². The van der Waals surface area contributed by atoms with Crippen LogP contribution in [-0.4, -0.2) is 30.6 Å². The van der Waals surface area contributed by atoms with Crippen LogP contribution in [0.25, 0.3) is 0 Å². The monoisotopic (exact) mass is 278 g/mol. The predicted octanol–water partition coefficient (Wildman–Crippen LogP) is 3.51. The first-order valence-electron chi connectivity index (χ1n) is 6.46. The molecule has 0 unspecified atom stereocenters. The molecule has 0 aromatic carbocycles. The van der Waals surface area contributed by atoms with Crippen LogP contribution >= 0.6 is 0 Å². The number of alkyl halides is 3. The Morgan fingerprint density at radius 3 is 1.95 bits per heavy atom. The molecule has 0 aliphatic carbocycles. The second-order valence-electron chi connectivity index (χ2n) is 4.79. The number of halogens is 3. The number of hydrogen-bond donors (Lipinski definition) is 0. The summed E-state index contributed by atoms with van der Waals surface area (Å²) in [6, 6.07) is 2.02. The maximum atomic E-state index is 12.2. The van der Waals surface area contributed by atoms with Gasteiger partial charge in [-0.1, -0.05) is 26.7 Å². The van der Waals surface area contributed by atoms with Crippen LogP contribution in [0.5, 0.6) is 0 Å². The summed E-state index contributed by atoms with van der Waals surface area (Å²) in [5.41, 5.74) is -1.18. The van der Waals surface area contributed by atoms with E-state index < -0.39 is 30.5 Å². The minimum absolute atomic E-state index is 0.381. The fraction of sp³-hybridized carbons (Fsp3) is 0.846. The molecule has 3 nitrogen and oxygen atoms in total. The van der Waals surface area contributed by atoms with Crippen LogP contribution in [0.15, 0.2) is 0 Å². The summed E-state index contributed by atoms with van der Waals surface area (Å²) in [6.45, 7) is 3.30. The summed E-state index contributed by atoms with van der Waals surface area (Å²) in [6.07, 6.45) is -3.29. The normalized spacial score (nSPS) is 12.1. The molecule has 0 spiro atoms. The van der Waals surface area contributed by atoms with Gasteiger partial charge in [-0.15, -0.1) is 0 Å². The van der Waals surface area contributed by atoms with Gasteiger partial charge < -0.3 is 4.90 Å². The van der Waals surface area contributed by atoms with E-state index in [1.54, 1.807) is 0 Å². The molecule has 0 fully saturated rings. The van der Waals surface area contributed by atoms with E-state index in [1.807, 2.05) is 19.9 Å². The third-order valence-corrected chi connectivity index (χ3v) is 3.05. The molecule has 0 rings (SSSR count). The van der Waals surface area contributed by atoms with Crippen LogP contribution in [0, 0.1) is 16.7 Å². The van der Waals surface area contributed by atoms with Crippen LogP contribution in [-0.2, 0) is 4.79 Å². The molecule has 1 amide bonds. The molecule has 6 heteroatoms. The number of carbonyl (C=O) groups excluding carboxylic acids is 1. The van der Waals surface area contributed by atoms with Crippen molar-refractivity contribution in [3.8, 4) is 6.07 Å². The molecular weight excluding hydrogens is 257 g/mol. The second kappa shape index (κ2) is 7.37. The number of carbonyl (C=O) groups is 1. The maximum Gasteiger partial charge on any atom is 0.390 e. The van der Waals surface area contributed by atoms with Crippen molar-refractivity contribution >= 4 is 5.91 Å². The van der Waals surface area contributed by atoms with Gasteiger partial charge in [-0.25, -0.2) is 0 Å². The second-order valence-corrected chi connectivity index (χ2v) is 4.79. The van der Waals surface area contributed by atoms with Crippen molar-refractivity contribution in [2.24, 2.45) is 5.41 Å². The third-order valence-electron chi connectivity index (χ3n) is 3.05. The Morgan fingerprint density at radius 2 is 1.63 bits per heavy atom. The van der Waals surface area contributed by atoms with E-state index in [-0.39, 0.29) is 0 Å². The Bertz CT molecular complexity index is 328. The number of amides is 1. The largest absolute Gasteiger partial charge is 0.390 e. The van der Waals surface area contributed by atoms with Crippen molar-refractivity contribution in [3.05, 3.63) is 0 Å². The molecule has 19 heavy (non-hydrogen) atoms. The van der Waals surface area contributed by atoms with Crippen LogP contribution < -0.4 is 0 Å². The number of hydrogen-bond acceptors (Lipinski definition) is 2. The Balaban J connectivity index is 4.85. The fourth-order valence-electron chi connectivity index (χ4n) is 2.11. The molecule has 0 aliphatic rings. The zero-order valence-corrected chi connectivity index (χ0v) is 11.7. The van der Waals surface area contributed by atoms with Gasteiger partial charge in [0.25, 0.3) is 0 Å². The minimum atomic E-state index is -4.29. The lowest BCUT2D eigenvalue weighted by Crippen LogP contribution is -2.42. The number of nitriles is 1. The average molecular weight is 278 g/mol. The molecule has 0 saturated carbocycles. The highest BCUT2D eigenvalue weighted by atomic mass is 19.4. The van der Waals surface area contributed by atoms with Crippen molar-refractivity contribution in [3.63, 3.8) is 0 Å². The first-order valence-corrected chi connectivity index (χ1v) is 6.46. The summed E-state index contributed by atoms with van der Waals surface area (Å²) in [7, 11) is 1.32. The summed E-state index contributed by atoms with van der Waals surface area (Å²) >= 11 is 0. The van der Waals surface area contributed by atoms with E-state index in [0.29, 0.717) is 25.7 Å². The van der Waals surface area contributed by atoms with Crippen LogP contribution in [0.3, 0.4) is 0 Å². The third kappa shape index (κ3) is 5.50. The molecule has 0 bridgehead atoms. The first-order chi connectivity index (χ1) is 8.72. The van der Waals surface area contributed by atoms with Gasteiger partial charge in [-0.05, 0) is 12.8 Å². The minimum Gasteiger partial charge on any atom is -0.344 e. The molecule has 0 heterocycles. The Hall–Kier alpha value is -1.25. The molecule has 0 aromatic heterocycles. The molecule has 0 N–H and O–H groups in total. The van der Waals surface area contributed by atoms with Crippen molar-refractivity contribution in [2.75, 3.05) is 13.6 Å². The fourth-order valence-corrected chi connectivity index (χ4v) is 2.11. The number of rotatable bonds is 7. The van der Waals surface area contributed by atoms with E-state index in [2.05, 4.69) is 0 Å². The van der Waals surface area contributed by atoms with Gasteiger partial charge in [0.15, 0.2) is 0 Å². The highest BCUT2D eigenvalue weighted by Crippen LogP contribution is 2.32. The zero-order valence-electron chi connectivity index (χ0n) is 11.7. The Kier molecular flexibility index (Phi) is 6.88. The van der Waals surface area contributed by atoms with Gasteiger partial charge in [0.1, 0.15) is 5.41 Å². The molecular formula is C13H21F3N2O. The SMILES string of the molecule is CCCC(C#N)(CCC)C(=O)N(C)CCC(F)(F)F. The van der Waals surface area contributed by atoms with E-state index in [9.17, 15) is 23.2 Å². The molecule has 110 valence electrons. The lowest BCUT2D eigenvalue weighted by molar-refractivity contribution is -0.148. The van der Waals surface area contributed by atoms with Crippen molar-refractivity contribution in [1.82, 2.24) is 4.90 Å². The summed E-state index contributed by atoms with van der Waals surface area (Å²) in [5.74, 6) is -0.497. The first kappa shape index (κ1) is 17.8. The van der Waals surface area contributed by atoms with Crippen molar-refractivity contribution < 1.29 is 18.0 Å². The Morgan fingerprint density at radius 1 is 1.16 bits per heavy atom. The molecule has 0 saturated heterocycles. The summed E-state index contributed by atoms with van der Waals surface area (Å²) in [4.78, 5) is 13.3. The lowest BCUT2D eigenvalue weighted by Gasteiger charge is -2.30. The highest BCUT2D eigenvalue weighted by Gasteiger charge is 2.39. The van der Waals surface area contributed by atoms with Gasteiger partial charge in [0.05, 0.1) is 12.5 Å². The Labute approximate surface area is 112 Å². The van der Waals surface area contributed by atoms with E-state index in [0.717, 1.165) is 4.90 Å².